The summed E-state index contributed by atoms with van der Waals surface area (Å²) in [6.45, 7) is 9.76. The third kappa shape index (κ3) is 3.85. The molecule has 0 bridgehead atoms. The Labute approximate surface area is 160 Å². The molecule has 3 aromatic rings. The number of benzene rings is 1. The SMILES string of the molecule is CCN(Cc1cc(N2CCNCC2)nc(C)n1)c1cccc2cccnc12. The maximum Gasteiger partial charge on any atom is 0.132 e. The smallest absolute Gasteiger partial charge is 0.132 e. The Kier molecular flexibility index (Phi) is 5.16. The number of pyridine rings is 1. The molecule has 0 spiro atoms. The fraction of sp³-hybridized carbons (Fsp3) is 0.381. The minimum atomic E-state index is 0.745. The average Bonchev–Trinajstić information content (AvgIpc) is 2.72. The van der Waals surface area contributed by atoms with E-state index < -0.39 is 0 Å². The summed E-state index contributed by atoms with van der Waals surface area (Å²) in [4.78, 5) is 18.7. The van der Waals surface area contributed by atoms with Crippen molar-refractivity contribution in [1.29, 1.82) is 0 Å². The van der Waals surface area contributed by atoms with E-state index in [-0.39, 0.29) is 0 Å². The Balaban J connectivity index is 1.64. The number of nitrogens with one attached hydrogen (secondary N) is 1. The van der Waals surface area contributed by atoms with E-state index in [9.17, 15) is 0 Å². The number of hydrogen-bond acceptors (Lipinski definition) is 6. The molecule has 0 unspecified atom stereocenters. The minimum absolute atomic E-state index is 0.745. The summed E-state index contributed by atoms with van der Waals surface area (Å²) >= 11 is 0. The summed E-state index contributed by atoms with van der Waals surface area (Å²) in [5.41, 5.74) is 3.23. The number of rotatable bonds is 5. The van der Waals surface area contributed by atoms with Crippen molar-refractivity contribution in [3.8, 4) is 0 Å². The first-order valence-electron chi connectivity index (χ1n) is 9.63. The van der Waals surface area contributed by atoms with Crippen molar-refractivity contribution < 1.29 is 0 Å². The van der Waals surface area contributed by atoms with E-state index in [1.165, 1.54) is 0 Å². The largest absolute Gasteiger partial charge is 0.364 e. The second-order valence-corrected chi connectivity index (χ2v) is 6.87. The lowest BCUT2D eigenvalue weighted by atomic mass is 10.1. The first-order chi connectivity index (χ1) is 13.2. The number of hydrogen-bond donors (Lipinski definition) is 1. The number of para-hydroxylation sites is 1. The van der Waals surface area contributed by atoms with Crippen LogP contribution in [0.3, 0.4) is 0 Å². The first-order valence-corrected chi connectivity index (χ1v) is 9.63. The molecule has 1 aliphatic heterocycles. The highest BCUT2D eigenvalue weighted by molar-refractivity contribution is 5.90. The van der Waals surface area contributed by atoms with Crippen molar-refractivity contribution in [3.63, 3.8) is 0 Å². The van der Waals surface area contributed by atoms with Crippen LogP contribution >= 0.6 is 0 Å². The van der Waals surface area contributed by atoms with Gasteiger partial charge in [-0.05, 0) is 26.0 Å². The lowest BCUT2D eigenvalue weighted by Gasteiger charge is -2.29. The van der Waals surface area contributed by atoms with Crippen LogP contribution in [0, 0.1) is 6.92 Å². The van der Waals surface area contributed by atoms with Gasteiger partial charge in [0.15, 0.2) is 0 Å². The number of anilines is 2. The van der Waals surface area contributed by atoms with Crippen LogP contribution in [0.5, 0.6) is 0 Å². The molecule has 6 heteroatoms. The molecule has 6 nitrogen and oxygen atoms in total. The van der Waals surface area contributed by atoms with Gasteiger partial charge in [-0.3, -0.25) is 4.98 Å². The van der Waals surface area contributed by atoms with Gasteiger partial charge >= 0.3 is 0 Å². The van der Waals surface area contributed by atoms with Crippen LogP contribution in [0.15, 0.2) is 42.6 Å². The van der Waals surface area contributed by atoms with Gasteiger partial charge in [-0.25, -0.2) is 9.97 Å². The van der Waals surface area contributed by atoms with Gasteiger partial charge in [0.05, 0.1) is 23.4 Å². The molecule has 4 rings (SSSR count). The van der Waals surface area contributed by atoms with E-state index in [0.29, 0.717) is 0 Å². The number of aryl methyl sites for hydroxylation is 1. The maximum atomic E-state index is 4.71. The van der Waals surface area contributed by atoms with Crippen LogP contribution < -0.4 is 15.1 Å². The van der Waals surface area contributed by atoms with Gasteiger partial charge in [0.2, 0.25) is 0 Å². The lowest BCUT2D eigenvalue weighted by molar-refractivity contribution is 0.583. The zero-order valence-corrected chi connectivity index (χ0v) is 16.0. The summed E-state index contributed by atoms with van der Waals surface area (Å²) in [6, 6.07) is 12.6. The third-order valence-electron chi connectivity index (χ3n) is 5.01. The van der Waals surface area contributed by atoms with E-state index in [1.54, 1.807) is 0 Å². The highest BCUT2D eigenvalue weighted by Gasteiger charge is 2.16. The van der Waals surface area contributed by atoms with Crippen LogP contribution in [0.2, 0.25) is 0 Å². The minimum Gasteiger partial charge on any atom is -0.364 e. The molecule has 0 amide bonds. The summed E-state index contributed by atoms with van der Waals surface area (Å²) in [5.74, 6) is 1.86. The molecule has 1 fully saturated rings. The number of aromatic nitrogens is 3. The van der Waals surface area contributed by atoms with Gasteiger partial charge in [-0.2, -0.15) is 0 Å². The van der Waals surface area contributed by atoms with Gasteiger partial charge in [0.1, 0.15) is 11.6 Å². The highest BCUT2D eigenvalue weighted by Crippen LogP contribution is 2.26. The van der Waals surface area contributed by atoms with E-state index in [2.05, 4.69) is 62.3 Å². The highest BCUT2D eigenvalue weighted by atomic mass is 15.2. The van der Waals surface area contributed by atoms with Crippen molar-refractivity contribution >= 4 is 22.4 Å². The first kappa shape index (κ1) is 17.7. The normalized spacial score (nSPS) is 14.5. The maximum absolute atomic E-state index is 4.71. The van der Waals surface area contributed by atoms with Crippen molar-refractivity contribution in [3.05, 3.63) is 54.1 Å². The molecule has 0 saturated carbocycles. The molecule has 27 heavy (non-hydrogen) atoms. The summed E-state index contributed by atoms with van der Waals surface area (Å²) in [5, 5.41) is 4.55. The second-order valence-electron chi connectivity index (χ2n) is 6.87. The molecular formula is C21H26N6. The zero-order chi connectivity index (χ0) is 18.6. The van der Waals surface area contributed by atoms with Crippen LogP contribution in [0.1, 0.15) is 18.4 Å². The molecule has 0 aliphatic carbocycles. The molecular weight excluding hydrogens is 336 g/mol. The standard InChI is InChI=1S/C21H26N6/c1-3-26(19-8-4-6-17-7-5-9-23-21(17)19)15-18-14-20(25-16(2)24-18)27-12-10-22-11-13-27/h4-9,14,22H,3,10-13,15H2,1-2H3. The van der Waals surface area contributed by atoms with Gasteiger partial charge in [0.25, 0.3) is 0 Å². The van der Waals surface area contributed by atoms with Crippen molar-refractivity contribution in [2.75, 3.05) is 42.5 Å². The van der Waals surface area contributed by atoms with Crippen molar-refractivity contribution in [1.82, 2.24) is 20.3 Å². The second kappa shape index (κ2) is 7.88. The predicted octanol–water partition coefficient (Wildman–Crippen LogP) is 2.77. The quantitative estimate of drug-likeness (QED) is 0.753. The van der Waals surface area contributed by atoms with E-state index in [0.717, 1.165) is 73.2 Å². The predicted molar refractivity (Wildman–Crippen MR) is 110 cm³/mol. The van der Waals surface area contributed by atoms with Gasteiger partial charge < -0.3 is 15.1 Å². The topological polar surface area (TPSA) is 57.2 Å². The molecule has 1 N–H and O–H groups in total. The molecule has 3 heterocycles. The number of fused-ring (bicyclic) bond motifs is 1. The Hall–Kier alpha value is -2.73. The molecule has 1 saturated heterocycles. The van der Waals surface area contributed by atoms with Gasteiger partial charge in [-0.15, -0.1) is 0 Å². The van der Waals surface area contributed by atoms with E-state index >= 15 is 0 Å². The Bertz CT molecular complexity index is 914. The fourth-order valence-corrected chi connectivity index (χ4v) is 3.66. The molecule has 0 atom stereocenters. The molecule has 1 aromatic carbocycles. The van der Waals surface area contributed by atoms with Crippen molar-refractivity contribution in [2.24, 2.45) is 0 Å². The summed E-state index contributed by atoms with van der Waals surface area (Å²) in [6.07, 6.45) is 1.86. The Morgan fingerprint density at radius 3 is 2.74 bits per heavy atom. The lowest BCUT2D eigenvalue weighted by Crippen LogP contribution is -2.44. The Morgan fingerprint density at radius 1 is 1.11 bits per heavy atom. The number of nitrogens with zero attached hydrogens (tertiary/aromatic N) is 5. The van der Waals surface area contributed by atoms with Crippen molar-refractivity contribution in [2.45, 2.75) is 20.4 Å². The zero-order valence-electron chi connectivity index (χ0n) is 16.0. The third-order valence-corrected chi connectivity index (χ3v) is 5.01. The van der Waals surface area contributed by atoms with E-state index in [4.69, 9.17) is 4.98 Å². The molecule has 0 radical (unpaired) electrons. The molecule has 140 valence electrons. The fourth-order valence-electron chi connectivity index (χ4n) is 3.66. The Morgan fingerprint density at radius 2 is 1.93 bits per heavy atom. The average molecular weight is 362 g/mol. The van der Waals surface area contributed by atoms with Crippen LogP contribution in [0.25, 0.3) is 10.9 Å². The van der Waals surface area contributed by atoms with Gasteiger partial charge in [0, 0.05) is 50.4 Å². The molecule has 2 aromatic heterocycles. The molecule has 1 aliphatic rings. The summed E-state index contributed by atoms with van der Waals surface area (Å²) < 4.78 is 0. The van der Waals surface area contributed by atoms with Crippen LogP contribution in [-0.4, -0.2) is 47.7 Å². The monoisotopic (exact) mass is 362 g/mol. The summed E-state index contributed by atoms with van der Waals surface area (Å²) in [7, 11) is 0. The van der Waals surface area contributed by atoms with Gasteiger partial charge in [-0.1, -0.05) is 18.2 Å². The van der Waals surface area contributed by atoms with Crippen LogP contribution in [0.4, 0.5) is 11.5 Å². The van der Waals surface area contributed by atoms with E-state index in [1.807, 2.05) is 19.2 Å². The van der Waals surface area contributed by atoms with Crippen LogP contribution in [-0.2, 0) is 6.54 Å². The number of piperazine rings is 1.